The van der Waals surface area contributed by atoms with E-state index in [2.05, 4.69) is 4.72 Å². The van der Waals surface area contributed by atoms with Gasteiger partial charge in [-0.15, -0.1) is 11.3 Å². The molecular weight excluding hydrogens is 246 g/mol. The molecule has 1 aromatic heterocycles. The van der Waals surface area contributed by atoms with Crippen molar-refractivity contribution in [1.82, 2.24) is 4.72 Å². The smallest absolute Gasteiger partial charge is 0.211 e. The van der Waals surface area contributed by atoms with Gasteiger partial charge in [-0.3, -0.25) is 0 Å². The first kappa shape index (κ1) is 13.6. The highest BCUT2D eigenvalue weighted by molar-refractivity contribution is 7.89. The summed E-state index contributed by atoms with van der Waals surface area (Å²) in [6, 6.07) is 3.71. The Balaban J connectivity index is 2.31. The van der Waals surface area contributed by atoms with Crippen LogP contribution in [-0.2, 0) is 10.0 Å². The number of aliphatic hydroxyl groups is 1. The minimum absolute atomic E-state index is 0.141. The van der Waals surface area contributed by atoms with E-state index < -0.39 is 16.1 Å². The Morgan fingerprint density at radius 3 is 2.88 bits per heavy atom. The summed E-state index contributed by atoms with van der Waals surface area (Å²) in [7, 11) is -3.15. The molecule has 0 radical (unpaired) electrons. The first-order valence-corrected chi connectivity index (χ1v) is 7.77. The van der Waals surface area contributed by atoms with Crippen LogP contribution >= 0.6 is 11.3 Å². The summed E-state index contributed by atoms with van der Waals surface area (Å²) in [5, 5.41) is 11.6. The fraction of sp³-hybridized carbons (Fsp3) is 0.600. The number of hydrogen-bond acceptors (Lipinski definition) is 4. The van der Waals surface area contributed by atoms with E-state index in [0.717, 1.165) is 4.88 Å². The van der Waals surface area contributed by atoms with Gasteiger partial charge in [-0.2, -0.15) is 0 Å². The maximum atomic E-state index is 11.3. The van der Waals surface area contributed by atoms with Gasteiger partial charge in [0.1, 0.15) is 0 Å². The Labute approximate surface area is 100 Å². The summed E-state index contributed by atoms with van der Waals surface area (Å²) in [5.74, 6) is 0.141. The zero-order valence-corrected chi connectivity index (χ0v) is 10.9. The van der Waals surface area contributed by atoms with Crippen molar-refractivity contribution in [2.24, 2.45) is 0 Å². The van der Waals surface area contributed by atoms with E-state index in [9.17, 15) is 13.5 Å². The van der Waals surface area contributed by atoms with Gasteiger partial charge in [-0.05, 0) is 24.3 Å². The third-order valence-electron chi connectivity index (χ3n) is 2.08. The van der Waals surface area contributed by atoms with Crippen LogP contribution in [0.25, 0.3) is 0 Å². The molecule has 1 aromatic rings. The summed E-state index contributed by atoms with van der Waals surface area (Å²) in [6.45, 7) is 2.10. The van der Waals surface area contributed by atoms with Crippen LogP contribution in [0, 0.1) is 0 Å². The molecule has 0 aliphatic rings. The first-order valence-electron chi connectivity index (χ1n) is 5.24. The molecule has 0 aliphatic carbocycles. The highest BCUT2D eigenvalue weighted by Gasteiger charge is 2.11. The van der Waals surface area contributed by atoms with Gasteiger partial charge in [0.15, 0.2) is 0 Å². The van der Waals surface area contributed by atoms with Gasteiger partial charge < -0.3 is 5.11 Å². The average Bonchev–Trinajstić information content (AvgIpc) is 2.69. The van der Waals surface area contributed by atoms with Crippen molar-refractivity contribution < 1.29 is 13.5 Å². The van der Waals surface area contributed by atoms with Crippen LogP contribution < -0.4 is 4.72 Å². The molecular formula is C10H17NO3S2. The Kier molecular flexibility index (Phi) is 5.40. The Morgan fingerprint density at radius 2 is 2.31 bits per heavy atom. The molecule has 0 bridgehead atoms. The van der Waals surface area contributed by atoms with E-state index in [1.54, 1.807) is 0 Å². The van der Waals surface area contributed by atoms with Gasteiger partial charge in [-0.1, -0.05) is 13.0 Å². The molecule has 0 fully saturated rings. The van der Waals surface area contributed by atoms with E-state index in [4.69, 9.17) is 0 Å². The monoisotopic (exact) mass is 263 g/mol. The number of thiophene rings is 1. The molecule has 16 heavy (non-hydrogen) atoms. The predicted molar refractivity (Wildman–Crippen MR) is 66.0 cm³/mol. The normalized spacial score (nSPS) is 13.9. The molecule has 0 saturated carbocycles. The summed E-state index contributed by atoms with van der Waals surface area (Å²) < 4.78 is 25.1. The third kappa shape index (κ3) is 4.61. The van der Waals surface area contributed by atoms with E-state index in [0.29, 0.717) is 12.8 Å². The molecule has 92 valence electrons. The van der Waals surface area contributed by atoms with Crippen molar-refractivity contribution in [3.63, 3.8) is 0 Å². The number of rotatable bonds is 7. The van der Waals surface area contributed by atoms with Crippen molar-refractivity contribution in [2.45, 2.75) is 25.9 Å². The lowest BCUT2D eigenvalue weighted by molar-refractivity contribution is 0.173. The van der Waals surface area contributed by atoms with Crippen LogP contribution in [0.3, 0.4) is 0 Å². The maximum Gasteiger partial charge on any atom is 0.211 e. The minimum atomic E-state index is -3.15. The second-order valence-corrected chi connectivity index (χ2v) is 6.44. The van der Waals surface area contributed by atoms with E-state index in [1.807, 2.05) is 24.4 Å². The Bertz CT molecular complexity index is 386. The number of sulfonamides is 1. The first-order chi connectivity index (χ1) is 7.55. The Morgan fingerprint density at radius 1 is 1.56 bits per heavy atom. The molecule has 1 unspecified atom stereocenters. The summed E-state index contributed by atoms with van der Waals surface area (Å²) in [5.41, 5.74) is 0. The van der Waals surface area contributed by atoms with Gasteiger partial charge in [-0.25, -0.2) is 13.1 Å². The average molecular weight is 263 g/mol. The van der Waals surface area contributed by atoms with E-state index >= 15 is 0 Å². The van der Waals surface area contributed by atoms with Crippen LogP contribution in [-0.4, -0.2) is 25.8 Å². The van der Waals surface area contributed by atoms with Crippen LogP contribution in [0.5, 0.6) is 0 Å². The molecule has 1 atom stereocenters. The molecule has 0 aliphatic heterocycles. The van der Waals surface area contributed by atoms with Gasteiger partial charge in [0, 0.05) is 11.4 Å². The largest absolute Gasteiger partial charge is 0.388 e. The molecule has 1 rings (SSSR count). The van der Waals surface area contributed by atoms with Crippen molar-refractivity contribution in [3.05, 3.63) is 22.4 Å². The topological polar surface area (TPSA) is 66.4 Å². The van der Waals surface area contributed by atoms with Crippen LogP contribution in [0.15, 0.2) is 17.5 Å². The van der Waals surface area contributed by atoms with Crippen molar-refractivity contribution in [2.75, 3.05) is 12.3 Å². The van der Waals surface area contributed by atoms with E-state index in [1.165, 1.54) is 11.3 Å². The highest BCUT2D eigenvalue weighted by atomic mass is 32.2. The SMILES string of the molecule is CCCS(=O)(=O)NCCC(O)c1cccs1. The molecule has 2 N–H and O–H groups in total. The number of aliphatic hydroxyl groups excluding tert-OH is 1. The molecule has 6 heteroatoms. The van der Waals surface area contributed by atoms with E-state index in [-0.39, 0.29) is 12.3 Å². The summed E-state index contributed by atoms with van der Waals surface area (Å²) >= 11 is 1.47. The highest BCUT2D eigenvalue weighted by Crippen LogP contribution is 2.20. The quantitative estimate of drug-likeness (QED) is 0.783. The maximum absolute atomic E-state index is 11.3. The van der Waals surface area contributed by atoms with Crippen LogP contribution in [0.4, 0.5) is 0 Å². The summed E-state index contributed by atoms with van der Waals surface area (Å²) in [6.07, 6.45) is 0.427. The fourth-order valence-corrected chi connectivity index (χ4v) is 3.17. The third-order valence-corrected chi connectivity index (χ3v) is 4.65. The predicted octanol–water partition coefficient (Wildman–Crippen LogP) is 1.50. The molecule has 0 aromatic carbocycles. The molecule has 4 nitrogen and oxygen atoms in total. The van der Waals surface area contributed by atoms with Gasteiger partial charge in [0.2, 0.25) is 10.0 Å². The van der Waals surface area contributed by atoms with Crippen molar-refractivity contribution in [3.8, 4) is 0 Å². The second-order valence-electron chi connectivity index (χ2n) is 3.53. The molecule has 0 spiro atoms. The van der Waals surface area contributed by atoms with Crippen molar-refractivity contribution >= 4 is 21.4 Å². The lowest BCUT2D eigenvalue weighted by Gasteiger charge is -2.09. The minimum Gasteiger partial charge on any atom is -0.388 e. The zero-order valence-electron chi connectivity index (χ0n) is 9.22. The van der Waals surface area contributed by atoms with Crippen LogP contribution in [0.1, 0.15) is 30.7 Å². The standard InChI is InChI=1S/C10H17NO3S2/c1-2-8-16(13,14)11-6-5-9(12)10-4-3-7-15-10/h3-4,7,9,11-12H,2,5-6,8H2,1H3. The molecule has 0 saturated heterocycles. The lowest BCUT2D eigenvalue weighted by Crippen LogP contribution is -2.27. The van der Waals surface area contributed by atoms with Gasteiger partial charge in [0.25, 0.3) is 0 Å². The zero-order chi connectivity index (χ0) is 12.0. The van der Waals surface area contributed by atoms with Gasteiger partial charge >= 0.3 is 0 Å². The molecule has 1 heterocycles. The van der Waals surface area contributed by atoms with Crippen LogP contribution in [0.2, 0.25) is 0 Å². The summed E-state index contributed by atoms with van der Waals surface area (Å²) in [4.78, 5) is 0.870. The molecule has 0 amide bonds. The van der Waals surface area contributed by atoms with Gasteiger partial charge in [0.05, 0.1) is 11.9 Å². The van der Waals surface area contributed by atoms with Crippen molar-refractivity contribution in [1.29, 1.82) is 0 Å². The second kappa shape index (κ2) is 6.34. The fourth-order valence-electron chi connectivity index (χ4n) is 1.32. The number of nitrogens with one attached hydrogen (secondary N) is 1. The Hall–Kier alpha value is -0.430. The lowest BCUT2D eigenvalue weighted by atomic mass is 10.2. The number of hydrogen-bond donors (Lipinski definition) is 2.